The van der Waals surface area contributed by atoms with E-state index in [0.717, 1.165) is 47.0 Å². The number of carbonyl (C=O) groups excluding carboxylic acids is 2. The number of benzene rings is 2. The minimum Gasteiger partial charge on any atom is -0.308 e. The lowest BCUT2D eigenvalue weighted by molar-refractivity contribution is -0.123. The van der Waals surface area contributed by atoms with Crippen LogP contribution in [0.15, 0.2) is 57.9 Å². The maximum atomic E-state index is 13.5. The SMILES string of the molecule is CCCCCCN1C(=O)C(=C2SC(=S)N(C(C)c3ccccc3)C2=O)c2cc(Br)ccc21. The maximum Gasteiger partial charge on any atom is 0.267 e. The zero-order valence-corrected chi connectivity index (χ0v) is 21.4. The summed E-state index contributed by atoms with van der Waals surface area (Å²) in [5.74, 6) is -0.305. The molecule has 2 aromatic rings. The molecule has 1 saturated heterocycles. The van der Waals surface area contributed by atoms with Gasteiger partial charge < -0.3 is 4.90 Å². The Bertz CT molecular complexity index is 1100. The second-order valence-electron chi connectivity index (χ2n) is 8.01. The molecule has 0 aromatic heterocycles. The summed E-state index contributed by atoms with van der Waals surface area (Å²) in [7, 11) is 0. The highest BCUT2D eigenvalue weighted by atomic mass is 79.9. The van der Waals surface area contributed by atoms with Crippen molar-refractivity contribution in [3.05, 3.63) is 69.0 Å². The number of hydrogen-bond donors (Lipinski definition) is 0. The molecule has 0 aliphatic carbocycles. The van der Waals surface area contributed by atoms with Gasteiger partial charge in [0.05, 0.1) is 22.2 Å². The molecular weight excluding hydrogens is 504 g/mol. The van der Waals surface area contributed by atoms with Gasteiger partial charge in [-0.15, -0.1) is 0 Å². The van der Waals surface area contributed by atoms with E-state index in [9.17, 15) is 9.59 Å². The van der Waals surface area contributed by atoms with E-state index >= 15 is 0 Å². The minimum atomic E-state index is -0.203. The third-order valence-electron chi connectivity index (χ3n) is 5.91. The van der Waals surface area contributed by atoms with Crippen LogP contribution in [0, 0.1) is 0 Å². The normalized spacial score (nSPS) is 19.2. The first-order chi connectivity index (χ1) is 15.4. The zero-order valence-electron chi connectivity index (χ0n) is 18.1. The van der Waals surface area contributed by atoms with Crippen molar-refractivity contribution >= 4 is 67.3 Å². The van der Waals surface area contributed by atoms with Crippen LogP contribution >= 0.6 is 39.9 Å². The quantitative estimate of drug-likeness (QED) is 0.227. The lowest BCUT2D eigenvalue weighted by Gasteiger charge is -2.23. The average Bonchev–Trinajstić information content (AvgIpc) is 3.22. The topological polar surface area (TPSA) is 40.6 Å². The molecule has 166 valence electrons. The molecular formula is C25H25BrN2O2S2. The Morgan fingerprint density at radius 2 is 1.78 bits per heavy atom. The summed E-state index contributed by atoms with van der Waals surface area (Å²) < 4.78 is 1.36. The van der Waals surface area contributed by atoms with E-state index in [-0.39, 0.29) is 17.9 Å². The second kappa shape index (κ2) is 9.89. The number of rotatable bonds is 7. The molecule has 1 fully saturated rings. The van der Waals surface area contributed by atoms with Crippen molar-refractivity contribution in [2.24, 2.45) is 0 Å². The lowest BCUT2D eigenvalue weighted by Crippen LogP contribution is -2.32. The van der Waals surface area contributed by atoms with Crippen molar-refractivity contribution in [3.63, 3.8) is 0 Å². The average molecular weight is 530 g/mol. The monoisotopic (exact) mass is 528 g/mol. The fourth-order valence-electron chi connectivity index (χ4n) is 4.19. The molecule has 0 saturated carbocycles. The van der Waals surface area contributed by atoms with Crippen LogP contribution in [0.3, 0.4) is 0 Å². The molecule has 4 rings (SSSR count). The van der Waals surface area contributed by atoms with E-state index in [1.54, 1.807) is 4.90 Å². The van der Waals surface area contributed by atoms with Gasteiger partial charge in [-0.3, -0.25) is 14.5 Å². The van der Waals surface area contributed by atoms with E-state index in [0.29, 0.717) is 21.3 Å². The molecule has 2 amide bonds. The predicted octanol–water partition coefficient (Wildman–Crippen LogP) is 6.71. The van der Waals surface area contributed by atoms with Crippen molar-refractivity contribution in [2.75, 3.05) is 11.4 Å². The second-order valence-corrected chi connectivity index (χ2v) is 10.6. The van der Waals surface area contributed by atoms with E-state index in [1.807, 2.05) is 60.4 Å². The smallest absolute Gasteiger partial charge is 0.267 e. The van der Waals surface area contributed by atoms with Crippen LogP contribution in [-0.4, -0.2) is 27.6 Å². The Kier molecular flexibility index (Phi) is 7.17. The number of thioether (sulfide) groups is 1. The summed E-state index contributed by atoms with van der Waals surface area (Å²) in [6.07, 6.45) is 4.31. The number of anilines is 1. The number of nitrogens with zero attached hydrogens (tertiary/aromatic N) is 2. The van der Waals surface area contributed by atoms with E-state index in [2.05, 4.69) is 22.9 Å². The molecule has 2 aliphatic heterocycles. The summed E-state index contributed by atoms with van der Waals surface area (Å²) in [4.78, 5) is 31.0. The minimum absolute atomic E-state index is 0.109. The van der Waals surface area contributed by atoms with Crippen molar-refractivity contribution in [2.45, 2.75) is 45.6 Å². The number of unbranched alkanes of at least 4 members (excludes halogenated alkanes) is 3. The molecule has 0 spiro atoms. The van der Waals surface area contributed by atoms with Crippen LogP contribution in [0.25, 0.3) is 5.57 Å². The first kappa shape index (κ1) is 23.2. The molecule has 2 heterocycles. The first-order valence-electron chi connectivity index (χ1n) is 10.9. The molecule has 0 radical (unpaired) electrons. The van der Waals surface area contributed by atoms with Gasteiger partial charge in [0, 0.05) is 16.6 Å². The number of hydrogen-bond acceptors (Lipinski definition) is 4. The van der Waals surface area contributed by atoms with Crippen LogP contribution in [0.4, 0.5) is 5.69 Å². The van der Waals surface area contributed by atoms with Gasteiger partial charge in [-0.2, -0.15) is 0 Å². The molecule has 2 aromatic carbocycles. The van der Waals surface area contributed by atoms with Gasteiger partial charge in [0.25, 0.3) is 11.8 Å². The summed E-state index contributed by atoms with van der Waals surface area (Å²) in [6.45, 7) is 4.79. The van der Waals surface area contributed by atoms with Crippen LogP contribution in [0.1, 0.15) is 56.7 Å². The maximum absolute atomic E-state index is 13.5. The van der Waals surface area contributed by atoms with Crippen molar-refractivity contribution in [1.29, 1.82) is 0 Å². The Morgan fingerprint density at radius 3 is 2.50 bits per heavy atom. The Labute approximate surface area is 207 Å². The Balaban J connectivity index is 1.71. The number of amides is 2. The standard InChI is InChI=1S/C25H25BrN2O2S2/c1-3-4-5-9-14-27-20-13-12-18(26)15-19(20)21(23(27)29)22-24(30)28(25(31)32-22)16(2)17-10-7-6-8-11-17/h6-8,10-13,15-16H,3-5,9,14H2,1-2H3. The Morgan fingerprint density at radius 1 is 1.03 bits per heavy atom. The molecule has 7 heteroatoms. The number of thiocarbonyl (C=S) groups is 1. The summed E-state index contributed by atoms with van der Waals surface area (Å²) >= 11 is 10.4. The number of halogens is 1. The highest BCUT2D eigenvalue weighted by Crippen LogP contribution is 2.47. The summed E-state index contributed by atoms with van der Waals surface area (Å²) in [6, 6.07) is 15.5. The molecule has 4 nitrogen and oxygen atoms in total. The van der Waals surface area contributed by atoms with Gasteiger partial charge >= 0.3 is 0 Å². The van der Waals surface area contributed by atoms with Crippen LogP contribution in [0.5, 0.6) is 0 Å². The van der Waals surface area contributed by atoms with E-state index in [4.69, 9.17) is 12.2 Å². The highest BCUT2D eigenvalue weighted by molar-refractivity contribution is 9.10. The van der Waals surface area contributed by atoms with Gasteiger partial charge in [0.15, 0.2) is 0 Å². The van der Waals surface area contributed by atoms with Crippen LogP contribution < -0.4 is 4.90 Å². The van der Waals surface area contributed by atoms with Crippen molar-refractivity contribution < 1.29 is 9.59 Å². The molecule has 0 bridgehead atoms. The lowest BCUT2D eigenvalue weighted by atomic mass is 10.1. The van der Waals surface area contributed by atoms with Gasteiger partial charge in [0.1, 0.15) is 4.32 Å². The third-order valence-corrected chi connectivity index (χ3v) is 7.80. The van der Waals surface area contributed by atoms with Gasteiger partial charge in [-0.25, -0.2) is 0 Å². The van der Waals surface area contributed by atoms with Gasteiger partial charge in [0.2, 0.25) is 0 Å². The third kappa shape index (κ3) is 4.30. The zero-order chi connectivity index (χ0) is 22.8. The Hall–Kier alpha value is -1.96. The first-order valence-corrected chi connectivity index (χ1v) is 12.9. The fraction of sp³-hybridized carbons (Fsp3) is 0.320. The van der Waals surface area contributed by atoms with Crippen molar-refractivity contribution in [3.8, 4) is 0 Å². The van der Waals surface area contributed by atoms with Crippen LogP contribution in [0.2, 0.25) is 0 Å². The summed E-state index contributed by atoms with van der Waals surface area (Å²) in [5.41, 5.74) is 3.14. The fourth-order valence-corrected chi connectivity index (χ4v) is 6.04. The largest absolute Gasteiger partial charge is 0.308 e. The van der Waals surface area contributed by atoms with E-state index in [1.165, 1.54) is 11.8 Å². The van der Waals surface area contributed by atoms with Crippen molar-refractivity contribution in [1.82, 2.24) is 4.90 Å². The molecule has 1 unspecified atom stereocenters. The molecule has 32 heavy (non-hydrogen) atoms. The van der Waals surface area contributed by atoms with Crippen LogP contribution in [-0.2, 0) is 9.59 Å². The predicted molar refractivity (Wildman–Crippen MR) is 139 cm³/mol. The number of fused-ring (bicyclic) bond motifs is 1. The van der Waals surface area contributed by atoms with E-state index < -0.39 is 0 Å². The highest BCUT2D eigenvalue weighted by Gasteiger charge is 2.43. The van der Waals surface area contributed by atoms with Gasteiger partial charge in [-0.05, 0) is 37.1 Å². The molecule has 2 aliphatic rings. The van der Waals surface area contributed by atoms with Gasteiger partial charge in [-0.1, -0.05) is 96.4 Å². The molecule has 0 N–H and O–H groups in total. The molecule has 1 atom stereocenters. The number of carbonyl (C=O) groups is 2. The summed E-state index contributed by atoms with van der Waals surface area (Å²) in [5, 5.41) is 0.